The van der Waals surface area contributed by atoms with Crippen LogP contribution in [0.3, 0.4) is 0 Å². The third kappa shape index (κ3) is 5.71. The van der Waals surface area contributed by atoms with Crippen molar-refractivity contribution in [1.82, 2.24) is 4.90 Å². The number of rotatable bonds is 4. The fourth-order valence-corrected chi connectivity index (χ4v) is 2.23. The van der Waals surface area contributed by atoms with Gasteiger partial charge in [-0.3, -0.25) is 4.90 Å². The highest BCUT2D eigenvalue weighted by molar-refractivity contribution is 6.30. The van der Waals surface area contributed by atoms with Gasteiger partial charge in [0, 0.05) is 24.7 Å². The van der Waals surface area contributed by atoms with Crippen molar-refractivity contribution in [2.45, 2.75) is 6.10 Å². The summed E-state index contributed by atoms with van der Waals surface area (Å²) in [7, 11) is 1.30. The Morgan fingerprint density at radius 2 is 2.14 bits per heavy atom. The summed E-state index contributed by atoms with van der Waals surface area (Å²) in [6, 6.07) is 7.67. The number of carbonyl (C=O) groups is 1. The zero-order chi connectivity index (χ0) is 14.4. The van der Waals surface area contributed by atoms with Crippen LogP contribution in [0.1, 0.15) is 11.7 Å². The fourth-order valence-electron chi connectivity index (χ4n) is 2.10. The molecule has 0 saturated carbocycles. The summed E-state index contributed by atoms with van der Waals surface area (Å²) in [5, 5.41) is 0.716. The van der Waals surface area contributed by atoms with E-state index in [1.807, 2.05) is 24.3 Å². The maximum Gasteiger partial charge on any atom is 0.508 e. The first-order chi connectivity index (χ1) is 9.69. The Labute approximate surface area is 135 Å². The molecule has 118 valence electrons. The lowest BCUT2D eigenvalue weighted by atomic mass is 10.1. The van der Waals surface area contributed by atoms with Gasteiger partial charge >= 0.3 is 6.16 Å². The van der Waals surface area contributed by atoms with Gasteiger partial charge in [0.15, 0.2) is 0 Å². The molecule has 1 aliphatic rings. The number of morpholine rings is 1. The standard InChI is InChI=1S/C14H18ClNO4.ClH/c1-18-14(17)20-9-7-16-6-8-19-13(10-16)11-2-4-12(15)5-3-11;/h2-5,13H,6-10H2,1H3;1H. The van der Waals surface area contributed by atoms with E-state index >= 15 is 0 Å². The van der Waals surface area contributed by atoms with E-state index in [0.717, 1.165) is 18.7 Å². The Morgan fingerprint density at radius 1 is 1.43 bits per heavy atom. The second-order valence-electron chi connectivity index (χ2n) is 4.51. The minimum absolute atomic E-state index is 0. The van der Waals surface area contributed by atoms with Crippen LogP contribution in [-0.2, 0) is 14.2 Å². The second-order valence-corrected chi connectivity index (χ2v) is 4.95. The molecule has 1 fully saturated rings. The normalized spacial score (nSPS) is 18.7. The van der Waals surface area contributed by atoms with Crippen molar-refractivity contribution >= 4 is 30.2 Å². The Morgan fingerprint density at radius 3 is 2.81 bits per heavy atom. The Bertz CT molecular complexity index is 441. The molecule has 7 heteroatoms. The van der Waals surface area contributed by atoms with Crippen molar-refractivity contribution in [3.05, 3.63) is 34.9 Å². The number of benzene rings is 1. The summed E-state index contributed by atoms with van der Waals surface area (Å²) in [5.74, 6) is 0. The number of nitrogens with zero attached hydrogens (tertiary/aromatic N) is 1. The Hall–Kier alpha value is -1.01. The molecule has 0 spiro atoms. The molecule has 0 aromatic heterocycles. The molecule has 1 aromatic rings. The third-order valence-corrected chi connectivity index (χ3v) is 3.44. The molecule has 5 nitrogen and oxygen atoms in total. The van der Waals surface area contributed by atoms with E-state index in [0.29, 0.717) is 24.8 Å². The van der Waals surface area contributed by atoms with Crippen LogP contribution in [0.2, 0.25) is 5.02 Å². The van der Waals surface area contributed by atoms with Crippen LogP contribution in [0.25, 0.3) is 0 Å². The van der Waals surface area contributed by atoms with Crippen LogP contribution < -0.4 is 0 Å². The summed E-state index contributed by atoms with van der Waals surface area (Å²) in [5.41, 5.74) is 1.10. The van der Waals surface area contributed by atoms with Crippen molar-refractivity contribution < 1.29 is 19.0 Å². The Balaban J connectivity index is 0.00000220. The van der Waals surface area contributed by atoms with Crippen LogP contribution in [0, 0.1) is 0 Å². The predicted molar refractivity (Wildman–Crippen MR) is 82.2 cm³/mol. The van der Waals surface area contributed by atoms with E-state index in [1.165, 1.54) is 7.11 Å². The molecule has 1 unspecified atom stereocenters. The molecule has 1 aromatic carbocycles. The van der Waals surface area contributed by atoms with Crippen molar-refractivity contribution in [3.63, 3.8) is 0 Å². The summed E-state index contributed by atoms with van der Waals surface area (Å²) in [6.45, 7) is 3.24. The maximum absolute atomic E-state index is 10.9. The smallest absolute Gasteiger partial charge is 0.438 e. The first-order valence-electron chi connectivity index (χ1n) is 6.49. The van der Waals surface area contributed by atoms with E-state index in [-0.39, 0.29) is 18.5 Å². The largest absolute Gasteiger partial charge is 0.508 e. The molecule has 0 amide bonds. The molecule has 0 aliphatic carbocycles. The molecule has 0 N–H and O–H groups in total. The lowest BCUT2D eigenvalue weighted by molar-refractivity contribution is -0.0363. The molecular formula is C14H19Cl2NO4. The minimum atomic E-state index is -0.646. The highest BCUT2D eigenvalue weighted by Gasteiger charge is 2.21. The van der Waals surface area contributed by atoms with Crippen LogP contribution in [0.5, 0.6) is 0 Å². The van der Waals surface area contributed by atoms with Gasteiger partial charge in [0.2, 0.25) is 0 Å². The Kier molecular flexibility index (Phi) is 7.82. The molecule has 21 heavy (non-hydrogen) atoms. The maximum atomic E-state index is 10.9. The molecule has 2 rings (SSSR count). The van der Waals surface area contributed by atoms with Gasteiger partial charge in [-0.05, 0) is 17.7 Å². The van der Waals surface area contributed by atoms with Gasteiger partial charge in [0.05, 0.1) is 19.8 Å². The molecule has 1 saturated heterocycles. The van der Waals surface area contributed by atoms with Gasteiger partial charge in [0.1, 0.15) is 6.61 Å². The van der Waals surface area contributed by atoms with Crippen LogP contribution >= 0.6 is 24.0 Å². The lowest BCUT2D eigenvalue weighted by Gasteiger charge is -2.32. The van der Waals surface area contributed by atoms with Gasteiger partial charge in [0.25, 0.3) is 0 Å². The molecule has 1 aliphatic heterocycles. The van der Waals surface area contributed by atoms with E-state index in [2.05, 4.69) is 9.64 Å². The van der Waals surface area contributed by atoms with Crippen LogP contribution in [0.4, 0.5) is 4.79 Å². The monoisotopic (exact) mass is 335 g/mol. The van der Waals surface area contributed by atoms with Gasteiger partial charge in [-0.2, -0.15) is 0 Å². The molecule has 0 bridgehead atoms. The summed E-state index contributed by atoms with van der Waals surface area (Å²) in [4.78, 5) is 13.1. The summed E-state index contributed by atoms with van der Waals surface area (Å²) in [6.07, 6.45) is -0.619. The van der Waals surface area contributed by atoms with Crippen molar-refractivity contribution in [2.75, 3.05) is 40.0 Å². The highest BCUT2D eigenvalue weighted by Crippen LogP contribution is 2.23. The number of carbonyl (C=O) groups excluding carboxylic acids is 1. The first kappa shape index (κ1) is 18.0. The zero-order valence-electron chi connectivity index (χ0n) is 11.8. The third-order valence-electron chi connectivity index (χ3n) is 3.19. The topological polar surface area (TPSA) is 48.0 Å². The van der Waals surface area contributed by atoms with Gasteiger partial charge in [-0.15, -0.1) is 12.4 Å². The van der Waals surface area contributed by atoms with Crippen LogP contribution in [-0.4, -0.2) is 51.0 Å². The van der Waals surface area contributed by atoms with Gasteiger partial charge < -0.3 is 14.2 Å². The minimum Gasteiger partial charge on any atom is -0.438 e. The van der Waals surface area contributed by atoms with E-state index in [9.17, 15) is 4.79 Å². The summed E-state index contributed by atoms with van der Waals surface area (Å²) < 4.78 is 15.1. The quantitative estimate of drug-likeness (QED) is 0.792. The zero-order valence-corrected chi connectivity index (χ0v) is 13.4. The van der Waals surface area contributed by atoms with Gasteiger partial charge in [-0.1, -0.05) is 23.7 Å². The predicted octanol–water partition coefficient (Wildman–Crippen LogP) is 2.92. The van der Waals surface area contributed by atoms with Gasteiger partial charge in [-0.25, -0.2) is 4.79 Å². The van der Waals surface area contributed by atoms with E-state index in [1.54, 1.807) is 0 Å². The highest BCUT2D eigenvalue weighted by atomic mass is 35.5. The van der Waals surface area contributed by atoms with E-state index < -0.39 is 6.16 Å². The molecular weight excluding hydrogens is 317 g/mol. The number of hydrogen-bond donors (Lipinski definition) is 0. The van der Waals surface area contributed by atoms with Crippen LogP contribution in [0.15, 0.2) is 24.3 Å². The fraction of sp³-hybridized carbons (Fsp3) is 0.500. The summed E-state index contributed by atoms with van der Waals surface area (Å²) >= 11 is 5.88. The SMILES string of the molecule is COC(=O)OCCN1CCOC(c2ccc(Cl)cc2)C1.Cl. The molecule has 1 heterocycles. The molecule has 0 radical (unpaired) electrons. The average Bonchev–Trinajstić information content (AvgIpc) is 2.48. The molecule has 1 atom stereocenters. The number of hydrogen-bond acceptors (Lipinski definition) is 5. The van der Waals surface area contributed by atoms with Crippen molar-refractivity contribution in [2.24, 2.45) is 0 Å². The first-order valence-corrected chi connectivity index (χ1v) is 6.87. The van der Waals surface area contributed by atoms with Crippen molar-refractivity contribution in [1.29, 1.82) is 0 Å². The number of ether oxygens (including phenoxy) is 3. The van der Waals surface area contributed by atoms with Crippen molar-refractivity contribution in [3.8, 4) is 0 Å². The second kappa shape index (κ2) is 9.10. The number of methoxy groups -OCH3 is 1. The lowest BCUT2D eigenvalue weighted by Crippen LogP contribution is -2.40. The number of halogens is 2. The average molecular weight is 336 g/mol. The van der Waals surface area contributed by atoms with E-state index in [4.69, 9.17) is 21.1 Å².